The number of aromatic amines is 1. The van der Waals surface area contributed by atoms with E-state index in [2.05, 4.69) is 59.2 Å². The van der Waals surface area contributed by atoms with Crippen LogP contribution in [0.3, 0.4) is 0 Å². The molecule has 24 heavy (non-hydrogen) atoms. The Kier molecular flexibility index (Phi) is 3.86. The van der Waals surface area contributed by atoms with Crippen LogP contribution < -0.4 is 0 Å². The zero-order valence-electron chi connectivity index (χ0n) is 14.2. The second-order valence-electron chi connectivity index (χ2n) is 6.68. The highest BCUT2D eigenvalue weighted by molar-refractivity contribution is 5.86. The van der Waals surface area contributed by atoms with E-state index in [4.69, 9.17) is 9.15 Å². The Labute approximate surface area is 140 Å². The summed E-state index contributed by atoms with van der Waals surface area (Å²) in [4.78, 5) is 5.56. The van der Waals surface area contributed by atoms with Gasteiger partial charge in [-0.2, -0.15) is 0 Å². The number of benzene rings is 1. The van der Waals surface area contributed by atoms with Gasteiger partial charge in [-0.1, -0.05) is 18.2 Å². The maximum atomic E-state index is 5.93. The average molecular weight is 326 g/mol. The summed E-state index contributed by atoms with van der Waals surface area (Å²) < 4.78 is 11.8. The van der Waals surface area contributed by atoms with Crippen molar-refractivity contribution in [2.45, 2.75) is 32.5 Å². The number of para-hydroxylation sites is 1. The predicted octanol–water partition coefficient (Wildman–Crippen LogP) is 2.84. The van der Waals surface area contributed by atoms with E-state index in [0.29, 0.717) is 18.2 Å². The number of aryl methyl sites for hydroxylation is 1. The Hall–Kier alpha value is -2.18. The molecule has 2 aromatic heterocycles. The highest BCUT2D eigenvalue weighted by atomic mass is 16.5. The number of nitrogens with one attached hydrogen (secondary N) is 1. The first-order chi connectivity index (χ1) is 11.6. The fraction of sp³-hybridized carbons (Fsp3) is 0.444. The van der Waals surface area contributed by atoms with Crippen LogP contribution in [0.5, 0.6) is 0 Å². The number of ether oxygens (including phenoxy) is 1. The molecule has 4 rings (SSSR count). The zero-order valence-corrected chi connectivity index (χ0v) is 14.2. The highest BCUT2D eigenvalue weighted by Gasteiger charge is 2.28. The van der Waals surface area contributed by atoms with Crippen molar-refractivity contribution in [2.75, 3.05) is 20.1 Å². The number of morpholine rings is 1. The molecule has 1 fully saturated rings. The van der Waals surface area contributed by atoms with Gasteiger partial charge < -0.3 is 19.0 Å². The largest absolute Gasteiger partial charge is 0.422 e. The molecule has 1 aromatic carbocycles. The summed E-state index contributed by atoms with van der Waals surface area (Å²) in [5.74, 6) is 1.19. The lowest BCUT2D eigenvalue weighted by molar-refractivity contribution is -0.0825. The van der Waals surface area contributed by atoms with Crippen molar-refractivity contribution in [3.8, 4) is 0 Å². The number of rotatable bonds is 3. The number of nitrogens with zero attached hydrogens (tertiary/aromatic N) is 3. The SMILES string of the molecule is Cc1cccc2c(Cc3nnc([C@H]4CN(C)C[C@@H](C)O4)o3)c[nH]c12. The van der Waals surface area contributed by atoms with E-state index in [1.165, 1.54) is 22.0 Å². The van der Waals surface area contributed by atoms with Crippen LogP contribution in [0.4, 0.5) is 0 Å². The molecule has 0 bridgehead atoms. The van der Waals surface area contributed by atoms with Gasteiger partial charge >= 0.3 is 0 Å². The second kappa shape index (κ2) is 6.03. The Bertz CT molecular complexity index is 844. The van der Waals surface area contributed by atoms with E-state index in [1.807, 2.05) is 6.20 Å². The Morgan fingerprint density at radius 3 is 3.00 bits per heavy atom. The van der Waals surface area contributed by atoms with Gasteiger partial charge in [-0.15, -0.1) is 10.2 Å². The molecule has 0 unspecified atom stereocenters. The third kappa shape index (κ3) is 2.83. The van der Waals surface area contributed by atoms with Crippen LogP contribution in [0.1, 0.15) is 35.9 Å². The number of fused-ring (bicyclic) bond motifs is 1. The number of hydrogen-bond acceptors (Lipinski definition) is 5. The van der Waals surface area contributed by atoms with E-state index < -0.39 is 0 Å². The first-order valence-corrected chi connectivity index (χ1v) is 8.32. The number of aromatic nitrogens is 3. The smallest absolute Gasteiger partial charge is 0.246 e. The van der Waals surface area contributed by atoms with Crippen molar-refractivity contribution in [3.63, 3.8) is 0 Å². The second-order valence-corrected chi connectivity index (χ2v) is 6.68. The van der Waals surface area contributed by atoms with E-state index in [0.717, 1.165) is 13.1 Å². The molecule has 0 aliphatic carbocycles. The molecule has 1 saturated heterocycles. The molecule has 2 atom stereocenters. The molecule has 3 heterocycles. The minimum absolute atomic E-state index is 0.148. The third-order valence-electron chi connectivity index (χ3n) is 4.55. The van der Waals surface area contributed by atoms with Crippen LogP contribution >= 0.6 is 0 Å². The molecule has 0 spiro atoms. The fourth-order valence-electron chi connectivity index (χ4n) is 3.44. The number of H-pyrrole nitrogens is 1. The molecule has 1 aliphatic heterocycles. The summed E-state index contributed by atoms with van der Waals surface area (Å²) in [6, 6.07) is 6.29. The average Bonchev–Trinajstić information content (AvgIpc) is 3.15. The predicted molar refractivity (Wildman–Crippen MR) is 90.9 cm³/mol. The van der Waals surface area contributed by atoms with Crippen LogP contribution in [0, 0.1) is 6.92 Å². The Morgan fingerprint density at radius 1 is 1.29 bits per heavy atom. The van der Waals surface area contributed by atoms with Crippen LogP contribution in [-0.4, -0.2) is 46.3 Å². The van der Waals surface area contributed by atoms with Crippen molar-refractivity contribution in [2.24, 2.45) is 0 Å². The minimum atomic E-state index is -0.148. The van der Waals surface area contributed by atoms with Crippen molar-refractivity contribution >= 4 is 10.9 Å². The van der Waals surface area contributed by atoms with Crippen LogP contribution in [-0.2, 0) is 11.2 Å². The molecule has 0 radical (unpaired) electrons. The summed E-state index contributed by atoms with van der Waals surface area (Å²) in [6.07, 6.45) is 2.66. The molecule has 0 amide bonds. The van der Waals surface area contributed by atoms with Gasteiger partial charge in [0.2, 0.25) is 11.8 Å². The molecule has 1 N–H and O–H groups in total. The number of likely N-dealkylation sites (N-methyl/N-ethyl adjacent to an activating group) is 1. The summed E-state index contributed by atoms with van der Waals surface area (Å²) in [6.45, 7) is 5.87. The topological polar surface area (TPSA) is 67.2 Å². The van der Waals surface area contributed by atoms with Gasteiger partial charge in [0.25, 0.3) is 0 Å². The molecule has 126 valence electrons. The molecular weight excluding hydrogens is 304 g/mol. The standard InChI is InChI=1S/C18H22N4O2/c1-11-5-4-6-14-13(8-19-17(11)14)7-16-20-21-18(24-16)15-10-22(3)9-12(2)23-15/h4-6,8,12,15,19H,7,9-10H2,1-3H3/t12-,15-/m1/s1. The molecule has 6 nitrogen and oxygen atoms in total. The Balaban J connectivity index is 1.55. The Morgan fingerprint density at radius 2 is 2.17 bits per heavy atom. The van der Waals surface area contributed by atoms with Crippen molar-refractivity contribution in [1.82, 2.24) is 20.1 Å². The van der Waals surface area contributed by atoms with E-state index in [1.54, 1.807) is 0 Å². The van der Waals surface area contributed by atoms with Crippen molar-refractivity contribution < 1.29 is 9.15 Å². The minimum Gasteiger partial charge on any atom is -0.422 e. The van der Waals surface area contributed by atoms with Gasteiger partial charge in [-0.05, 0) is 32.0 Å². The highest BCUT2D eigenvalue weighted by Crippen LogP contribution is 2.26. The molecular formula is C18H22N4O2. The van der Waals surface area contributed by atoms with Gasteiger partial charge in [0.15, 0.2) is 0 Å². The lowest BCUT2D eigenvalue weighted by Crippen LogP contribution is -2.40. The summed E-state index contributed by atoms with van der Waals surface area (Å²) >= 11 is 0. The lowest BCUT2D eigenvalue weighted by Gasteiger charge is -2.32. The van der Waals surface area contributed by atoms with Crippen LogP contribution in [0.25, 0.3) is 10.9 Å². The van der Waals surface area contributed by atoms with E-state index >= 15 is 0 Å². The first-order valence-electron chi connectivity index (χ1n) is 8.32. The van der Waals surface area contributed by atoms with Gasteiger partial charge in [-0.25, -0.2) is 0 Å². The molecule has 1 aliphatic rings. The van der Waals surface area contributed by atoms with Crippen molar-refractivity contribution in [3.05, 3.63) is 47.3 Å². The molecule has 3 aromatic rings. The normalized spacial score (nSPS) is 22.3. The van der Waals surface area contributed by atoms with Gasteiger partial charge in [-0.3, -0.25) is 0 Å². The van der Waals surface area contributed by atoms with Crippen LogP contribution in [0.15, 0.2) is 28.8 Å². The van der Waals surface area contributed by atoms with Gasteiger partial charge in [0.1, 0.15) is 6.10 Å². The third-order valence-corrected chi connectivity index (χ3v) is 4.55. The quantitative estimate of drug-likeness (QED) is 0.801. The maximum absolute atomic E-state index is 5.93. The lowest BCUT2D eigenvalue weighted by atomic mass is 10.1. The molecule has 6 heteroatoms. The molecule has 0 saturated carbocycles. The zero-order chi connectivity index (χ0) is 16.7. The van der Waals surface area contributed by atoms with Crippen LogP contribution in [0.2, 0.25) is 0 Å². The van der Waals surface area contributed by atoms with E-state index in [9.17, 15) is 0 Å². The fourth-order valence-corrected chi connectivity index (χ4v) is 3.44. The first kappa shape index (κ1) is 15.4. The number of hydrogen-bond donors (Lipinski definition) is 1. The summed E-state index contributed by atoms with van der Waals surface area (Å²) in [5, 5.41) is 9.63. The van der Waals surface area contributed by atoms with E-state index in [-0.39, 0.29) is 12.2 Å². The van der Waals surface area contributed by atoms with Gasteiger partial charge in [0.05, 0.1) is 12.5 Å². The summed E-state index contributed by atoms with van der Waals surface area (Å²) in [7, 11) is 2.08. The van der Waals surface area contributed by atoms with Gasteiger partial charge in [0, 0.05) is 30.2 Å². The summed E-state index contributed by atoms with van der Waals surface area (Å²) in [5.41, 5.74) is 3.56. The van der Waals surface area contributed by atoms with Crippen molar-refractivity contribution in [1.29, 1.82) is 0 Å². The maximum Gasteiger partial charge on any atom is 0.246 e. The monoisotopic (exact) mass is 326 g/mol.